The van der Waals surface area contributed by atoms with Gasteiger partial charge in [-0.05, 0) is 136 Å². The number of hydrogen-bond acceptors (Lipinski definition) is 2. The van der Waals surface area contributed by atoms with E-state index in [1.807, 2.05) is 11.3 Å². The molecular formula is C44H33NS. The number of benzene rings is 6. The Balaban J connectivity index is 1.10. The van der Waals surface area contributed by atoms with Crippen LogP contribution in [0.3, 0.4) is 0 Å². The molecule has 6 unspecified atom stereocenters. The Labute approximate surface area is 273 Å². The van der Waals surface area contributed by atoms with Crippen LogP contribution in [0.1, 0.15) is 48.3 Å². The summed E-state index contributed by atoms with van der Waals surface area (Å²) in [4.78, 5) is 2.54. The van der Waals surface area contributed by atoms with Crippen LogP contribution >= 0.6 is 11.3 Å². The molecule has 6 bridgehead atoms. The van der Waals surface area contributed by atoms with Crippen LogP contribution in [0.15, 0.2) is 121 Å². The first-order chi connectivity index (χ1) is 22.8. The van der Waals surface area contributed by atoms with Crippen molar-refractivity contribution in [2.45, 2.75) is 37.0 Å². The molecule has 0 aliphatic heterocycles. The number of hydrogen-bond donors (Lipinski definition) is 0. The molecular weight excluding hydrogens is 575 g/mol. The SMILES string of the molecule is c1cc2c3c(c1)C1C4CC5CC(C4)C3(c3cc(N(c4ccc6ccccc6c4)c4ccc6c(c4)sc4ccccc46)ccc3-2)C1C5. The number of thiophene rings is 1. The highest BCUT2D eigenvalue weighted by Crippen LogP contribution is 2.77. The molecule has 4 fully saturated rings. The van der Waals surface area contributed by atoms with E-state index in [9.17, 15) is 0 Å². The molecule has 1 aromatic heterocycles. The first-order valence-electron chi connectivity index (χ1n) is 17.2. The number of rotatable bonds is 3. The van der Waals surface area contributed by atoms with Crippen LogP contribution in [0.25, 0.3) is 42.1 Å². The smallest absolute Gasteiger partial charge is 0.0476 e. The minimum absolute atomic E-state index is 0.208. The number of nitrogens with zero attached hydrogens (tertiary/aromatic N) is 1. The Morgan fingerprint density at radius 3 is 2.37 bits per heavy atom. The summed E-state index contributed by atoms with van der Waals surface area (Å²) in [6, 6.07) is 46.6. The molecule has 1 spiro atoms. The van der Waals surface area contributed by atoms with Crippen molar-refractivity contribution in [3.8, 4) is 11.1 Å². The van der Waals surface area contributed by atoms with E-state index < -0.39 is 0 Å². The van der Waals surface area contributed by atoms with Crippen molar-refractivity contribution in [1.82, 2.24) is 0 Å². The molecule has 220 valence electrons. The Morgan fingerprint density at radius 1 is 0.587 bits per heavy atom. The lowest BCUT2D eigenvalue weighted by molar-refractivity contribution is -0.0431. The van der Waals surface area contributed by atoms with E-state index in [1.165, 1.54) is 79.3 Å². The van der Waals surface area contributed by atoms with Gasteiger partial charge in [0, 0.05) is 42.6 Å². The van der Waals surface area contributed by atoms with E-state index in [-0.39, 0.29) is 5.41 Å². The van der Waals surface area contributed by atoms with Crippen molar-refractivity contribution in [1.29, 1.82) is 0 Å². The van der Waals surface area contributed by atoms with E-state index in [1.54, 1.807) is 22.3 Å². The highest BCUT2D eigenvalue weighted by atomic mass is 32.1. The molecule has 46 heavy (non-hydrogen) atoms. The normalized spacial score (nSPS) is 27.5. The zero-order valence-corrected chi connectivity index (χ0v) is 26.4. The third-order valence-corrected chi connectivity index (χ3v) is 14.2. The summed E-state index contributed by atoms with van der Waals surface area (Å²) < 4.78 is 2.70. The molecule has 7 aromatic rings. The molecule has 6 aliphatic rings. The summed E-state index contributed by atoms with van der Waals surface area (Å²) in [6.45, 7) is 0. The molecule has 4 saturated carbocycles. The van der Waals surface area contributed by atoms with Crippen LogP contribution in [-0.2, 0) is 5.41 Å². The molecule has 1 nitrogen and oxygen atoms in total. The summed E-state index contributed by atoms with van der Waals surface area (Å²) >= 11 is 1.91. The van der Waals surface area contributed by atoms with Crippen LogP contribution in [0.4, 0.5) is 17.1 Å². The van der Waals surface area contributed by atoms with Gasteiger partial charge in [-0.3, -0.25) is 0 Å². The molecule has 0 saturated heterocycles. The summed E-state index contributed by atoms with van der Waals surface area (Å²) in [5.41, 5.74) is 12.1. The van der Waals surface area contributed by atoms with Crippen LogP contribution in [0.5, 0.6) is 0 Å². The third-order valence-electron chi connectivity index (χ3n) is 13.1. The summed E-state index contributed by atoms with van der Waals surface area (Å²) in [5, 5.41) is 5.27. The van der Waals surface area contributed by atoms with E-state index in [0.29, 0.717) is 0 Å². The van der Waals surface area contributed by atoms with E-state index >= 15 is 0 Å². The van der Waals surface area contributed by atoms with Gasteiger partial charge in [0.1, 0.15) is 0 Å². The Hall–Kier alpha value is -4.40. The zero-order valence-electron chi connectivity index (χ0n) is 25.6. The van der Waals surface area contributed by atoms with Crippen LogP contribution < -0.4 is 4.90 Å². The van der Waals surface area contributed by atoms with Gasteiger partial charge < -0.3 is 4.90 Å². The summed E-state index contributed by atoms with van der Waals surface area (Å²) in [6.07, 6.45) is 5.74. The van der Waals surface area contributed by atoms with Crippen molar-refractivity contribution in [3.63, 3.8) is 0 Å². The lowest BCUT2D eigenvalue weighted by atomic mass is 9.43. The fraction of sp³-hybridized carbons (Fsp3) is 0.227. The van der Waals surface area contributed by atoms with Crippen molar-refractivity contribution in [2.75, 3.05) is 4.90 Å². The quantitative estimate of drug-likeness (QED) is 0.193. The van der Waals surface area contributed by atoms with Crippen molar-refractivity contribution < 1.29 is 0 Å². The average Bonchev–Trinajstić information content (AvgIpc) is 3.70. The van der Waals surface area contributed by atoms with Gasteiger partial charge in [0.25, 0.3) is 0 Å². The van der Waals surface area contributed by atoms with Crippen molar-refractivity contribution in [2.24, 2.45) is 23.7 Å². The van der Waals surface area contributed by atoms with Gasteiger partial charge >= 0.3 is 0 Å². The minimum Gasteiger partial charge on any atom is -0.310 e. The molecule has 0 radical (unpaired) electrons. The average molecular weight is 608 g/mol. The van der Waals surface area contributed by atoms with Gasteiger partial charge in [-0.2, -0.15) is 0 Å². The van der Waals surface area contributed by atoms with E-state index in [4.69, 9.17) is 0 Å². The van der Waals surface area contributed by atoms with Gasteiger partial charge in [0.2, 0.25) is 0 Å². The van der Waals surface area contributed by atoms with Gasteiger partial charge in [-0.15, -0.1) is 11.3 Å². The van der Waals surface area contributed by atoms with Crippen molar-refractivity contribution >= 4 is 59.3 Å². The monoisotopic (exact) mass is 607 g/mol. The van der Waals surface area contributed by atoms with Gasteiger partial charge in [-0.1, -0.05) is 78.9 Å². The van der Waals surface area contributed by atoms with Crippen LogP contribution in [-0.4, -0.2) is 0 Å². The molecule has 2 heteroatoms. The Bertz CT molecular complexity index is 2450. The highest BCUT2D eigenvalue weighted by molar-refractivity contribution is 7.25. The fourth-order valence-electron chi connectivity index (χ4n) is 11.8. The molecule has 6 aliphatic carbocycles. The third kappa shape index (κ3) is 2.90. The predicted octanol–water partition coefficient (Wildman–Crippen LogP) is 12.1. The zero-order chi connectivity index (χ0) is 29.7. The van der Waals surface area contributed by atoms with E-state index in [2.05, 4.69) is 126 Å². The van der Waals surface area contributed by atoms with Gasteiger partial charge in [0.15, 0.2) is 0 Å². The summed E-state index contributed by atoms with van der Waals surface area (Å²) in [5.74, 6) is 4.18. The second kappa shape index (κ2) is 8.49. The Morgan fingerprint density at radius 2 is 1.39 bits per heavy atom. The maximum atomic E-state index is 2.65. The standard InChI is InChI=1S/C44H33NS/c1-2-7-27-22-30(13-12-26(27)6-1)45(32-15-17-35-34-8-3-4-11-40(34)46-41(35)24-32)31-14-16-33-36-9-5-10-37-42-28-18-25-19-29(21-28)44(43(36)37,38(33)23-31)39(42)20-25/h1-17,22-25,28-29,39,42H,18-21H2. The van der Waals surface area contributed by atoms with Crippen molar-refractivity contribution in [3.05, 3.63) is 138 Å². The number of anilines is 3. The first-order valence-corrected chi connectivity index (χ1v) is 18.1. The molecule has 0 amide bonds. The Kier molecular flexibility index (Phi) is 4.57. The first kappa shape index (κ1) is 24.8. The predicted molar refractivity (Wildman–Crippen MR) is 193 cm³/mol. The topological polar surface area (TPSA) is 3.24 Å². The molecule has 13 rings (SSSR count). The number of fused-ring (bicyclic) bond motifs is 6. The van der Waals surface area contributed by atoms with Gasteiger partial charge in [-0.25, -0.2) is 0 Å². The lowest BCUT2D eigenvalue weighted by Crippen LogP contribution is -2.54. The minimum atomic E-state index is 0.208. The van der Waals surface area contributed by atoms with Crippen LogP contribution in [0.2, 0.25) is 0 Å². The molecule has 6 aromatic carbocycles. The summed E-state index contributed by atoms with van der Waals surface area (Å²) in [7, 11) is 0. The highest BCUT2D eigenvalue weighted by Gasteiger charge is 2.69. The van der Waals surface area contributed by atoms with Crippen LogP contribution in [0, 0.1) is 23.7 Å². The fourth-order valence-corrected chi connectivity index (χ4v) is 12.9. The molecule has 6 atom stereocenters. The van der Waals surface area contributed by atoms with E-state index in [0.717, 1.165) is 29.6 Å². The molecule has 0 N–H and O–H groups in total. The second-order valence-electron chi connectivity index (χ2n) is 14.9. The maximum Gasteiger partial charge on any atom is 0.0476 e. The lowest BCUT2D eigenvalue weighted by Gasteiger charge is -2.60. The maximum absolute atomic E-state index is 2.65. The van der Waals surface area contributed by atoms with Gasteiger partial charge in [0.05, 0.1) is 0 Å². The largest absolute Gasteiger partial charge is 0.310 e. The molecule has 1 heterocycles. The second-order valence-corrected chi connectivity index (χ2v) is 16.0.